The van der Waals surface area contributed by atoms with E-state index in [2.05, 4.69) is 49.1 Å². The maximum atomic E-state index is 12.7. The number of carbonyl (C=O) groups excluding carboxylic acids is 1. The fraction of sp³-hybridized carbons (Fsp3) is 0.429. The second-order valence-electron chi connectivity index (χ2n) is 10.9. The lowest BCUT2D eigenvalue weighted by atomic mass is 10.00. The Hall–Kier alpha value is -3.96. The quantitative estimate of drug-likeness (QED) is 0.313. The number of morpholine rings is 1. The van der Waals surface area contributed by atoms with E-state index in [4.69, 9.17) is 9.72 Å². The number of pyridine rings is 1. The number of benzene rings is 1. The molecule has 0 aliphatic carbocycles. The van der Waals surface area contributed by atoms with Gasteiger partial charge in [0.15, 0.2) is 11.5 Å². The molecule has 2 bridgehead atoms. The highest BCUT2D eigenvalue weighted by Gasteiger charge is 2.34. The van der Waals surface area contributed by atoms with Gasteiger partial charge in [0.05, 0.1) is 31.6 Å². The number of aromatic amines is 1. The van der Waals surface area contributed by atoms with E-state index in [0.717, 1.165) is 58.9 Å². The Morgan fingerprint density at radius 1 is 1.13 bits per heavy atom. The van der Waals surface area contributed by atoms with E-state index in [1.807, 2.05) is 36.5 Å². The van der Waals surface area contributed by atoms with Gasteiger partial charge >= 0.3 is 6.03 Å². The molecular weight excluding hydrogens is 494 g/mol. The third-order valence-corrected chi connectivity index (χ3v) is 8.17. The lowest BCUT2D eigenvalue weighted by molar-refractivity contribution is 0.0985. The number of hydrogen-bond acceptors (Lipinski definition) is 7. The first-order chi connectivity index (χ1) is 19.1. The number of aromatic nitrogens is 5. The van der Waals surface area contributed by atoms with Gasteiger partial charge < -0.3 is 25.6 Å². The van der Waals surface area contributed by atoms with Gasteiger partial charge in [-0.1, -0.05) is 12.1 Å². The summed E-state index contributed by atoms with van der Waals surface area (Å²) in [7, 11) is 0. The fourth-order valence-electron chi connectivity index (χ4n) is 6.24. The van der Waals surface area contributed by atoms with Crippen LogP contribution in [0.2, 0.25) is 0 Å². The minimum absolute atomic E-state index is 0.148. The molecule has 4 N–H and O–H groups in total. The number of nitrogens with one attached hydrogen (secondary N) is 4. The number of amides is 2. The molecule has 4 aromatic rings. The molecular formula is C28H33N9O2. The first-order valence-corrected chi connectivity index (χ1v) is 13.8. The summed E-state index contributed by atoms with van der Waals surface area (Å²) in [5, 5.41) is 22.4. The van der Waals surface area contributed by atoms with Gasteiger partial charge in [-0.3, -0.25) is 5.10 Å². The van der Waals surface area contributed by atoms with Crippen molar-refractivity contribution in [1.82, 2.24) is 35.6 Å². The fourth-order valence-corrected chi connectivity index (χ4v) is 6.24. The molecule has 7 rings (SSSR count). The molecule has 3 fully saturated rings. The zero-order valence-electron chi connectivity index (χ0n) is 21.9. The number of hydrogen-bond donors (Lipinski definition) is 4. The van der Waals surface area contributed by atoms with Crippen molar-refractivity contribution in [3.05, 3.63) is 48.8 Å². The number of rotatable bonds is 5. The lowest BCUT2D eigenvalue weighted by Crippen LogP contribution is -2.49. The van der Waals surface area contributed by atoms with Crippen LogP contribution in [0.15, 0.2) is 48.8 Å². The van der Waals surface area contributed by atoms with E-state index < -0.39 is 0 Å². The second kappa shape index (κ2) is 9.97. The molecule has 0 saturated carbocycles. The van der Waals surface area contributed by atoms with Gasteiger partial charge in [-0.15, -0.1) is 0 Å². The van der Waals surface area contributed by atoms with Crippen molar-refractivity contribution in [2.24, 2.45) is 0 Å². The van der Waals surface area contributed by atoms with E-state index in [-0.39, 0.29) is 18.1 Å². The number of ether oxygens (including phenoxy) is 1. The minimum atomic E-state index is -0.148. The van der Waals surface area contributed by atoms with Crippen LogP contribution in [0.3, 0.4) is 0 Å². The Morgan fingerprint density at radius 2 is 1.95 bits per heavy atom. The molecule has 11 heteroatoms. The molecule has 3 aliphatic heterocycles. The monoisotopic (exact) mass is 527 g/mol. The van der Waals surface area contributed by atoms with Crippen LogP contribution in [-0.4, -0.2) is 74.9 Å². The van der Waals surface area contributed by atoms with Gasteiger partial charge in [0, 0.05) is 41.8 Å². The summed E-state index contributed by atoms with van der Waals surface area (Å²) < 4.78 is 7.45. The number of urea groups is 1. The summed E-state index contributed by atoms with van der Waals surface area (Å²) in [6, 6.07) is 13.3. The van der Waals surface area contributed by atoms with Crippen molar-refractivity contribution in [2.45, 2.75) is 56.8 Å². The largest absolute Gasteiger partial charge is 0.377 e. The van der Waals surface area contributed by atoms with E-state index in [9.17, 15) is 4.79 Å². The Bertz CT molecular complexity index is 1450. The van der Waals surface area contributed by atoms with Gasteiger partial charge in [-0.25, -0.2) is 9.78 Å². The first kappa shape index (κ1) is 24.1. The maximum absolute atomic E-state index is 12.7. The molecule has 0 spiro atoms. The molecule has 39 heavy (non-hydrogen) atoms. The average molecular weight is 528 g/mol. The van der Waals surface area contributed by atoms with Gasteiger partial charge in [0.25, 0.3) is 0 Å². The summed E-state index contributed by atoms with van der Waals surface area (Å²) in [6.45, 7) is 4.25. The van der Waals surface area contributed by atoms with Crippen molar-refractivity contribution in [3.63, 3.8) is 0 Å². The van der Waals surface area contributed by atoms with Crippen LogP contribution in [-0.2, 0) is 4.74 Å². The van der Waals surface area contributed by atoms with Crippen molar-refractivity contribution in [1.29, 1.82) is 0 Å². The summed E-state index contributed by atoms with van der Waals surface area (Å²) in [4.78, 5) is 20.0. The van der Waals surface area contributed by atoms with Gasteiger partial charge in [0.2, 0.25) is 0 Å². The molecule has 6 heterocycles. The molecule has 3 aromatic heterocycles. The number of piperidine rings is 1. The van der Waals surface area contributed by atoms with Gasteiger partial charge in [-0.2, -0.15) is 14.9 Å². The number of nitrogens with zero attached hydrogens (tertiary/aromatic N) is 5. The Labute approximate surface area is 226 Å². The molecule has 3 aliphatic rings. The summed E-state index contributed by atoms with van der Waals surface area (Å²) in [6.07, 6.45) is 7.96. The lowest BCUT2D eigenvalue weighted by Gasteiger charge is -2.34. The normalized spacial score (nSPS) is 24.7. The zero-order chi connectivity index (χ0) is 26.3. The van der Waals surface area contributed by atoms with E-state index >= 15 is 0 Å². The maximum Gasteiger partial charge on any atom is 0.319 e. The predicted molar refractivity (Wildman–Crippen MR) is 149 cm³/mol. The number of H-pyrrole nitrogens is 1. The molecule has 2 amide bonds. The molecule has 3 atom stereocenters. The first-order valence-electron chi connectivity index (χ1n) is 13.8. The average Bonchev–Trinajstić information content (AvgIpc) is 3.69. The molecule has 3 saturated heterocycles. The second-order valence-corrected chi connectivity index (χ2v) is 10.9. The third kappa shape index (κ3) is 4.72. The van der Waals surface area contributed by atoms with Crippen LogP contribution in [0.1, 0.15) is 32.6 Å². The van der Waals surface area contributed by atoms with Crippen molar-refractivity contribution in [3.8, 4) is 16.9 Å². The van der Waals surface area contributed by atoms with Crippen LogP contribution >= 0.6 is 0 Å². The van der Waals surface area contributed by atoms with E-state index in [0.29, 0.717) is 25.3 Å². The highest BCUT2D eigenvalue weighted by molar-refractivity contribution is 5.96. The van der Waals surface area contributed by atoms with Crippen molar-refractivity contribution < 1.29 is 9.53 Å². The van der Waals surface area contributed by atoms with Gasteiger partial charge in [-0.05, 0) is 61.9 Å². The minimum Gasteiger partial charge on any atom is -0.377 e. The standard InChI is InChI=1S/C28H33N9O2/c1-17-16-39-11-10-36(17)26-14-23(24-15-30-37(27(24)34-26)25-8-9-29-35-25)18-2-4-19(5-3-18)32-28(38)33-22-12-20-6-7-21(13-22)31-20/h2-5,8-9,14-15,17,20-22,31H,6-7,10-13,16H2,1H3,(H,29,35)(H2,32,33,38)/t17-,20?,21?,22?/m1/s1. The predicted octanol–water partition coefficient (Wildman–Crippen LogP) is 3.44. The van der Waals surface area contributed by atoms with Crippen LogP contribution in [0.5, 0.6) is 0 Å². The highest BCUT2D eigenvalue weighted by Crippen LogP contribution is 2.34. The molecule has 202 valence electrons. The van der Waals surface area contributed by atoms with E-state index in [1.54, 1.807) is 10.9 Å². The Kier molecular flexibility index (Phi) is 6.16. The molecule has 0 radical (unpaired) electrons. The van der Waals surface area contributed by atoms with Crippen LogP contribution in [0, 0.1) is 0 Å². The van der Waals surface area contributed by atoms with Gasteiger partial charge in [0.1, 0.15) is 5.82 Å². The third-order valence-electron chi connectivity index (χ3n) is 8.17. The smallest absolute Gasteiger partial charge is 0.319 e. The number of carbonyl (C=O) groups is 1. The molecule has 2 unspecified atom stereocenters. The number of anilines is 2. The SMILES string of the molecule is C[C@@H]1COCCN1c1cc(-c2ccc(NC(=O)NC3CC4CCC(C3)N4)cc2)c2cnn(-c3ccn[nH]3)c2n1. The Balaban J connectivity index is 1.16. The summed E-state index contributed by atoms with van der Waals surface area (Å²) >= 11 is 0. The zero-order valence-corrected chi connectivity index (χ0v) is 21.9. The summed E-state index contributed by atoms with van der Waals surface area (Å²) in [5.41, 5.74) is 3.56. The van der Waals surface area contributed by atoms with Crippen molar-refractivity contribution in [2.75, 3.05) is 30.0 Å². The molecule has 11 nitrogen and oxygen atoms in total. The van der Waals surface area contributed by atoms with Crippen molar-refractivity contribution >= 4 is 28.6 Å². The number of fused-ring (bicyclic) bond motifs is 3. The van der Waals surface area contributed by atoms with Crippen LogP contribution in [0.25, 0.3) is 28.0 Å². The topological polar surface area (TPSA) is 125 Å². The highest BCUT2D eigenvalue weighted by atomic mass is 16.5. The summed E-state index contributed by atoms with van der Waals surface area (Å²) in [5.74, 6) is 1.63. The van der Waals surface area contributed by atoms with Crippen LogP contribution < -0.4 is 20.9 Å². The van der Waals surface area contributed by atoms with Crippen LogP contribution in [0.4, 0.5) is 16.3 Å². The van der Waals surface area contributed by atoms with E-state index in [1.165, 1.54) is 12.8 Å². The molecule has 1 aromatic carbocycles. The Morgan fingerprint density at radius 3 is 2.69 bits per heavy atom.